The summed E-state index contributed by atoms with van der Waals surface area (Å²) in [6.45, 7) is 7.39. The predicted molar refractivity (Wildman–Crippen MR) is 113 cm³/mol. The summed E-state index contributed by atoms with van der Waals surface area (Å²) in [5, 5.41) is 30.2. The van der Waals surface area contributed by atoms with Crippen molar-refractivity contribution in [1.82, 2.24) is 0 Å². The van der Waals surface area contributed by atoms with Gasteiger partial charge in [0.1, 0.15) is 17.8 Å². The Balaban J connectivity index is 2.18. The SMILES string of the molecule is COC1C(OC(=O)C=CC(O)C(C)O)CCC(O)(CCl)C1C1(C)OC1CC=C(C)C. The molecule has 0 spiro atoms. The Labute approximate surface area is 183 Å². The van der Waals surface area contributed by atoms with Gasteiger partial charge in [-0.2, -0.15) is 0 Å². The molecule has 0 aromatic heterocycles. The van der Waals surface area contributed by atoms with Gasteiger partial charge in [0, 0.05) is 13.2 Å². The van der Waals surface area contributed by atoms with Crippen molar-refractivity contribution < 1.29 is 34.3 Å². The summed E-state index contributed by atoms with van der Waals surface area (Å²) in [5.74, 6) is -1.12. The number of rotatable bonds is 9. The number of aliphatic hydroxyl groups excluding tert-OH is 2. The maximum Gasteiger partial charge on any atom is 0.330 e. The summed E-state index contributed by atoms with van der Waals surface area (Å²) >= 11 is 6.17. The highest BCUT2D eigenvalue weighted by atomic mass is 35.5. The highest BCUT2D eigenvalue weighted by Crippen LogP contribution is 2.54. The van der Waals surface area contributed by atoms with Gasteiger partial charge < -0.3 is 29.5 Å². The zero-order valence-electron chi connectivity index (χ0n) is 18.4. The number of hydrogen-bond acceptors (Lipinski definition) is 7. The van der Waals surface area contributed by atoms with E-state index in [9.17, 15) is 20.1 Å². The van der Waals surface area contributed by atoms with Crippen molar-refractivity contribution >= 4 is 17.6 Å². The lowest BCUT2D eigenvalue weighted by Gasteiger charge is -2.48. The fourth-order valence-corrected chi connectivity index (χ4v) is 4.65. The first kappa shape index (κ1) is 25.3. The van der Waals surface area contributed by atoms with Crippen LogP contribution >= 0.6 is 11.6 Å². The molecule has 8 unspecified atom stereocenters. The van der Waals surface area contributed by atoms with Crippen LogP contribution in [-0.2, 0) is 19.0 Å². The molecular weight excluding hydrogens is 412 g/mol. The molecule has 0 aromatic carbocycles. The number of methoxy groups -OCH3 is 1. The molecule has 30 heavy (non-hydrogen) atoms. The second-order valence-electron chi connectivity index (χ2n) is 8.83. The molecule has 1 heterocycles. The fraction of sp³-hybridized carbons (Fsp3) is 0.773. The minimum absolute atomic E-state index is 0.0208. The van der Waals surface area contributed by atoms with Crippen molar-refractivity contribution in [3.63, 3.8) is 0 Å². The molecular formula is C22H35ClO7. The lowest BCUT2D eigenvalue weighted by Crippen LogP contribution is -2.61. The van der Waals surface area contributed by atoms with Crippen molar-refractivity contribution in [1.29, 1.82) is 0 Å². The van der Waals surface area contributed by atoms with Crippen LogP contribution in [-0.4, -0.2) is 76.0 Å². The standard InChI is InChI=1S/C22H35ClO7/c1-13(2)6-8-17-21(4,30-17)20-19(28-5)16(10-11-22(20,27)12-23)29-18(26)9-7-15(25)14(3)24/h6-7,9,14-17,19-20,24-25,27H,8,10-12H2,1-5H3. The van der Waals surface area contributed by atoms with E-state index in [4.69, 9.17) is 25.8 Å². The van der Waals surface area contributed by atoms with E-state index in [1.165, 1.54) is 25.7 Å². The Morgan fingerprint density at radius 2 is 2.03 bits per heavy atom. The van der Waals surface area contributed by atoms with Crippen molar-refractivity contribution in [3.8, 4) is 0 Å². The number of epoxide rings is 1. The minimum atomic E-state index is -1.21. The van der Waals surface area contributed by atoms with Gasteiger partial charge in [0.2, 0.25) is 0 Å². The topological polar surface area (TPSA) is 109 Å². The molecule has 1 aliphatic heterocycles. The van der Waals surface area contributed by atoms with Crippen LogP contribution in [0.1, 0.15) is 47.0 Å². The van der Waals surface area contributed by atoms with Gasteiger partial charge in [0.25, 0.3) is 0 Å². The third kappa shape index (κ3) is 5.64. The quantitative estimate of drug-likeness (QED) is 0.163. The van der Waals surface area contributed by atoms with Crippen LogP contribution in [0.4, 0.5) is 0 Å². The van der Waals surface area contributed by atoms with Gasteiger partial charge in [-0.1, -0.05) is 11.6 Å². The van der Waals surface area contributed by atoms with Gasteiger partial charge in [-0.15, -0.1) is 11.6 Å². The molecule has 7 nitrogen and oxygen atoms in total. The average Bonchev–Trinajstić information content (AvgIpc) is 3.35. The summed E-state index contributed by atoms with van der Waals surface area (Å²) in [7, 11) is 1.52. The third-order valence-electron chi connectivity index (χ3n) is 6.17. The first-order valence-corrected chi connectivity index (χ1v) is 10.9. The normalized spacial score (nSPS) is 38.2. The van der Waals surface area contributed by atoms with E-state index in [0.29, 0.717) is 19.3 Å². The highest BCUT2D eigenvalue weighted by molar-refractivity contribution is 6.18. The number of esters is 1. The number of carbonyl (C=O) groups is 1. The highest BCUT2D eigenvalue weighted by Gasteiger charge is 2.67. The number of allylic oxidation sites excluding steroid dienone is 1. The van der Waals surface area contributed by atoms with E-state index in [2.05, 4.69) is 6.08 Å². The van der Waals surface area contributed by atoms with Gasteiger partial charge in [-0.05, 0) is 53.0 Å². The molecule has 8 atom stereocenters. The number of ether oxygens (including phenoxy) is 3. The number of carbonyl (C=O) groups excluding carboxylic acids is 1. The monoisotopic (exact) mass is 446 g/mol. The van der Waals surface area contributed by atoms with Crippen LogP contribution in [0.2, 0.25) is 0 Å². The first-order chi connectivity index (χ1) is 14.0. The molecule has 0 amide bonds. The molecule has 1 saturated heterocycles. The van der Waals surface area contributed by atoms with Crippen LogP contribution in [0.25, 0.3) is 0 Å². The van der Waals surface area contributed by atoms with E-state index in [1.54, 1.807) is 0 Å². The molecule has 0 bridgehead atoms. The molecule has 3 N–H and O–H groups in total. The van der Waals surface area contributed by atoms with Crippen LogP contribution < -0.4 is 0 Å². The van der Waals surface area contributed by atoms with Crippen LogP contribution in [0, 0.1) is 5.92 Å². The van der Waals surface area contributed by atoms with E-state index in [1.807, 2.05) is 20.8 Å². The molecule has 1 aliphatic carbocycles. The van der Waals surface area contributed by atoms with Crippen molar-refractivity contribution in [2.45, 2.75) is 88.7 Å². The Kier molecular flexibility index (Phi) is 8.52. The Morgan fingerprint density at radius 3 is 2.57 bits per heavy atom. The van der Waals surface area contributed by atoms with Crippen LogP contribution in [0.3, 0.4) is 0 Å². The average molecular weight is 447 g/mol. The fourth-order valence-electron chi connectivity index (χ4n) is 4.35. The van der Waals surface area contributed by atoms with Gasteiger partial charge in [-0.25, -0.2) is 4.79 Å². The third-order valence-corrected chi connectivity index (χ3v) is 6.63. The molecule has 8 heteroatoms. The Hall–Kier alpha value is -0.960. The molecule has 2 rings (SSSR count). The molecule has 1 saturated carbocycles. The second kappa shape index (κ2) is 10.1. The van der Waals surface area contributed by atoms with Gasteiger partial charge in [0.15, 0.2) is 0 Å². The number of halogens is 1. The first-order valence-electron chi connectivity index (χ1n) is 10.4. The summed E-state index contributed by atoms with van der Waals surface area (Å²) in [5.41, 5.74) is -0.678. The van der Waals surface area contributed by atoms with Crippen LogP contribution in [0.15, 0.2) is 23.8 Å². The largest absolute Gasteiger partial charge is 0.456 e. The number of aliphatic hydroxyl groups is 3. The van der Waals surface area contributed by atoms with E-state index < -0.39 is 47.5 Å². The second-order valence-corrected chi connectivity index (χ2v) is 9.09. The number of alkyl halides is 1. The van der Waals surface area contributed by atoms with E-state index >= 15 is 0 Å². The van der Waals surface area contributed by atoms with Crippen molar-refractivity contribution in [2.24, 2.45) is 5.92 Å². The maximum atomic E-state index is 12.3. The van der Waals surface area contributed by atoms with Crippen LogP contribution in [0.5, 0.6) is 0 Å². The summed E-state index contributed by atoms with van der Waals surface area (Å²) < 4.78 is 17.3. The lowest BCUT2D eigenvalue weighted by molar-refractivity contribution is -0.189. The maximum absolute atomic E-state index is 12.3. The predicted octanol–water partition coefficient (Wildman–Crippen LogP) is 2.10. The molecule has 0 radical (unpaired) electrons. The summed E-state index contributed by atoms with van der Waals surface area (Å²) in [6, 6.07) is 0. The number of hydrogen-bond donors (Lipinski definition) is 3. The summed E-state index contributed by atoms with van der Waals surface area (Å²) in [4.78, 5) is 12.3. The molecule has 172 valence electrons. The molecule has 2 aliphatic rings. The molecule has 2 fully saturated rings. The zero-order valence-corrected chi connectivity index (χ0v) is 19.1. The van der Waals surface area contributed by atoms with Gasteiger partial charge in [-0.3, -0.25) is 0 Å². The van der Waals surface area contributed by atoms with Crippen molar-refractivity contribution in [2.75, 3.05) is 13.0 Å². The summed E-state index contributed by atoms with van der Waals surface area (Å²) in [6.07, 6.45) is 2.36. The Morgan fingerprint density at radius 1 is 1.37 bits per heavy atom. The Bertz CT molecular complexity index is 660. The van der Waals surface area contributed by atoms with Gasteiger partial charge in [0.05, 0.1) is 35.7 Å². The van der Waals surface area contributed by atoms with E-state index in [-0.39, 0.29) is 12.0 Å². The minimum Gasteiger partial charge on any atom is -0.456 e. The smallest absolute Gasteiger partial charge is 0.330 e. The van der Waals surface area contributed by atoms with Crippen molar-refractivity contribution in [3.05, 3.63) is 23.8 Å². The lowest BCUT2D eigenvalue weighted by atomic mass is 9.66. The van der Waals surface area contributed by atoms with E-state index in [0.717, 1.165) is 6.08 Å². The zero-order chi connectivity index (χ0) is 22.7. The molecule has 0 aromatic rings. The van der Waals surface area contributed by atoms with Gasteiger partial charge >= 0.3 is 5.97 Å².